The van der Waals surface area contributed by atoms with Crippen LogP contribution in [-0.4, -0.2) is 12.1 Å². The molecule has 0 radical (unpaired) electrons. The van der Waals surface area contributed by atoms with E-state index in [1.165, 1.54) is 0 Å². The van der Waals surface area contributed by atoms with Crippen molar-refractivity contribution >= 4 is 33.4 Å². The molecule has 122 valence electrons. The SMILES string of the molecule is O=C(NCc1ccc(Br)cc1Cl)C1CCCC(C(F)(F)F)C1. The van der Waals surface area contributed by atoms with Gasteiger partial charge in [-0.15, -0.1) is 0 Å². The van der Waals surface area contributed by atoms with Gasteiger partial charge in [-0.1, -0.05) is 40.0 Å². The van der Waals surface area contributed by atoms with Crippen molar-refractivity contribution in [1.29, 1.82) is 0 Å². The molecule has 2 atom stereocenters. The first kappa shape index (κ1) is 17.6. The summed E-state index contributed by atoms with van der Waals surface area (Å²) in [5.41, 5.74) is 0.737. The Bertz CT molecular complexity index is 550. The van der Waals surface area contributed by atoms with Crippen LogP contribution in [0, 0.1) is 11.8 Å². The molecule has 2 unspecified atom stereocenters. The summed E-state index contributed by atoms with van der Waals surface area (Å²) < 4.78 is 39.1. The van der Waals surface area contributed by atoms with Gasteiger partial charge in [0.25, 0.3) is 0 Å². The van der Waals surface area contributed by atoms with Gasteiger partial charge in [0.2, 0.25) is 5.91 Å². The zero-order chi connectivity index (χ0) is 16.3. The lowest BCUT2D eigenvalue weighted by Crippen LogP contribution is -2.37. The Morgan fingerprint density at radius 1 is 1.36 bits per heavy atom. The van der Waals surface area contributed by atoms with Crippen LogP contribution in [-0.2, 0) is 11.3 Å². The largest absolute Gasteiger partial charge is 0.391 e. The molecule has 1 N–H and O–H groups in total. The van der Waals surface area contributed by atoms with Gasteiger partial charge in [-0.3, -0.25) is 4.79 Å². The van der Waals surface area contributed by atoms with Crippen molar-refractivity contribution in [3.63, 3.8) is 0 Å². The first-order valence-corrected chi connectivity index (χ1v) is 8.23. The number of amides is 1. The highest BCUT2D eigenvalue weighted by Gasteiger charge is 2.43. The summed E-state index contributed by atoms with van der Waals surface area (Å²) >= 11 is 9.34. The van der Waals surface area contributed by atoms with Gasteiger partial charge in [0.05, 0.1) is 5.92 Å². The molecule has 0 heterocycles. The summed E-state index contributed by atoms with van der Waals surface area (Å²) in [6.07, 6.45) is -3.28. The van der Waals surface area contributed by atoms with Crippen LogP contribution in [0.25, 0.3) is 0 Å². The van der Waals surface area contributed by atoms with E-state index >= 15 is 0 Å². The lowest BCUT2D eigenvalue weighted by molar-refractivity contribution is -0.186. The summed E-state index contributed by atoms with van der Waals surface area (Å²) in [7, 11) is 0. The van der Waals surface area contributed by atoms with Crippen LogP contribution >= 0.6 is 27.5 Å². The van der Waals surface area contributed by atoms with Gasteiger partial charge in [-0.2, -0.15) is 13.2 Å². The van der Waals surface area contributed by atoms with Crippen LogP contribution in [0.15, 0.2) is 22.7 Å². The Kier molecular flexibility index (Phi) is 5.77. The second kappa shape index (κ2) is 7.21. The topological polar surface area (TPSA) is 29.1 Å². The zero-order valence-corrected chi connectivity index (χ0v) is 14.1. The van der Waals surface area contributed by atoms with Crippen molar-refractivity contribution in [2.75, 3.05) is 0 Å². The van der Waals surface area contributed by atoms with E-state index in [4.69, 9.17) is 11.6 Å². The third-order valence-corrected chi connectivity index (χ3v) is 4.82. The van der Waals surface area contributed by atoms with E-state index in [1.807, 2.05) is 0 Å². The fourth-order valence-electron chi connectivity index (χ4n) is 2.72. The van der Waals surface area contributed by atoms with Crippen LogP contribution in [0.5, 0.6) is 0 Å². The number of rotatable bonds is 3. The van der Waals surface area contributed by atoms with Gasteiger partial charge in [0.15, 0.2) is 0 Å². The molecule has 1 saturated carbocycles. The molecule has 0 bridgehead atoms. The third-order valence-electron chi connectivity index (χ3n) is 3.98. The standard InChI is InChI=1S/C15H16BrClF3NO/c16-12-5-4-10(13(17)7-12)8-21-14(22)9-2-1-3-11(6-9)15(18,19)20/h4-5,7,9,11H,1-3,6,8H2,(H,21,22). The molecule has 0 aromatic heterocycles. The van der Waals surface area contributed by atoms with Gasteiger partial charge in [-0.05, 0) is 37.0 Å². The minimum absolute atomic E-state index is 0.117. The van der Waals surface area contributed by atoms with Crippen LogP contribution < -0.4 is 5.32 Å². The average molecular weight is 399 g/mol. The molecule has 1 aromatic carbocycles. The lowest BCUT2D eigenvalue weighted by atomic mass is 9.80. The molecular formula is C15H16BrClF3NO. The third kappa shape index (κ3) is 4.62. The van der Waals surface area contributed by atoms with E-state index in [9.17, 15) is 18.0 Å². The van der Waals surface area contributed by atoms with Gasteiger partial charge in [0.1, 0.15) is 0 Å². The number of carbonyl (C=O) groups is 1. The van der Waals surface area contributed by atoms with Gasteiger partial charge >= 0.3 is 6.18 Å². The normalized spacial score (nSPS) is 22.4. The molecule has 1 aliphatic rings. The summed E-state index contributed by atoms with van der Waals surface area (Å²) in [5.74, 6) is -2.27. The quantitative estimate of drug-likeness (QED) is 0.755. The predicted octanol–water partition coefficient (Wildman–Crippen LogP) is 5.09. The number of nitrogens with one attached hydrogen (secondary N) is 1. The van der Waals surface area contributed by atoms with E-state index in [2.05, 4.69) is 21.2 Å². The van der Waals surface area contributed by atoms with Crippen LogP contribution in [0.1, 0.15) is 31.2 Å². The van der Waals surface area contributed by atoms with Crippen molar-refractivity contribution in [2.24, 2.45) is 11.8 Å². The number of halogens is 5. The number of hydrogen-bond donors (Lipinski definition) is 1. The first-order valence-electron chi connectivity index (χ1n) is 7.05. The van der Waals surface area contributed by atoms with Crippen LogP contribution in [0.3, 0.4) is 0 Å². The van der Waals surface area contributed by atoms with Crippen molar-refractivity contribution in [3.05, 3.63) is 33.3 Å². The number of alkyl halides is 3. The summed E-state index contributed by atoms with van der Waals surface area (Å²) in [5, 5.41) is 3.20. The summed E-state index contributed by atoms with van der Waals surface area (Å²) in [6.45, 7) is 0.220. The monoisotopic (exact) mass is 397 g/mol. The number of carbonyl (C=O) groups excluding carboxylic acids is 1. The Morgan fingerprint density at radius 3 is 2.73 bits per heavy atom. The smallest absolute Gasteiger partial charge is 0.352 e. The van der Waals surface area contributed by atoms with Crippen molar-refractivity contribution in [1.82, 2.24) is 5.32 Å². The lowest BCUT2D eigenvalue weighted by Gasteiger charge is -2.29. The second-order valence-electron chi connectivity index (χ2n) is 5.56. The second-order valence-corrected chi connectivity index (χ2v) is 6.88. The Hall–Kier alpha value is -0.750. The van der Waals surface area contributed by atoms with Gasteiger partial charge in [0, 0.05) is 22.0 Å². The van der Waals surface area contributed by atoms with E-state index < -0.39 is 18.0 Å². The highest BCUT2D eigenvalue weighted by atomic mass is 79.9. The Balaban J connectivity index is 1.92. The maximum Gasteiger partial charge on any atom is 0.391 e. The van der Waals surface area contributed by atoms with E-state index in [-0.39, 0.29) is 25.3 Å². The minimum atomic E-state index is -4.21. The van der Waals surface area contributed by atoms with Gasteiger partial charge < -0.3 is 5.32 Å². The zero-order valence-electron chi connectivity index (χ0n) is 11.7. The molecule has 1 fully saturated rings. The first-order chi connectivity index (χ1) is 10.3. The van der Waals surface area contributed by atoms with E-state index in [1.54, 1.807) is 18.2 Å². The summed E-state index contributed by atoms with van der Waals surface area (Å²) in [6, 6.07) is 5.28. The van der Waals surface area contributed by atoms with E-state index in [0.29, 0.717) is 17.9 Å². The molecule has 1 aromatic rings. The number of hydrogen-bond acceptors (Lipinski definition) is 1. The van der Waals surface area contributed by atoms with Crippen LogP contribution in [0.4, 0.5) is 13.2 Å². The molecular weight excluding hydrogens is 383 g/mol. The molecule has 0 aliphatic heterocycles. The molecule has 22 heavy (non-hydrogen) atoms. The number of benzene rings is 1. The van der Waals surface area contributed by atoms with Crippen molar-refractivity contribution in [3.8, 4) is 0 Å². The maximum atomic E-state index is 12.8. The maximum absolute atomic E-state index is 12.8. The molecule has 2 rings (SSSR count). The Morgan fingerprint density at radius 2 is 2.09 bits per heavy atom. The van der Waals surface area contributed by atoms with E-state index in [0.717, 1.165) is 10.0 Å². The minimum Gasteiger partial charge on any atom is -0.352 e. The molecule has 0 saturated heterocycles. The fourth-order valence-corrected chi connectivity index (χ4v) is 3.46. The van der Waals surface area contributed by atoms with Crippen molar-refractivity contribution in [2.45, 2.75) is 38.4 Å². The Labute approximate surface area is 140 Å². The summed E-state index contributed by atoms with van der Waals surface area (Å²) in [4.78, 5) is 12.1. The molecule has 1 amide bonds. The molecule has 7 heteroatoms. The van der Waals surface area contributed by atoms with Gasteiger partial charge in [-0.25, -0.2) is 0 Å². The highest BCUT2D eigenvalue weighted by Crippen LogP contribution is 2.40. The molecule has 1 aliphatic carbocycles. The fraction of sp³-hybridized carbons (Fsp3) is 0.533. The predicted molar refractivity (Wildman–Crippen MR) is 82.5 cm³/mol. The van der Waals surface area contributed by atoms with Crippen LogP contribution in [0.2, 0.25) is 5.02 Å². The molecule has 0 spiro atoms. The van der Waals surface area contributed by atoms with Crippen molar-refractivity contribution < 1.29 is 18.0 Å². The molecule has 2 nitrogen and oxygen atoms in total. The average Bonchev–Trinajstić information content (AvgIpc) is 2.45. The highest BCUT2D eigenvalue weighted by molar-refractivity contribution is 9.10.